The molecule has 1 aromatic carbocycles. The lowest BCUT2D eigenvalue weighted by Gasteiger charge is -2.17. The molecule has 2 nitrogen and oxygen atoms in total. The van der Waals surface area contributed by atoms with Gasteiger partial charge in [-0.2, -0.15) is 0 Å². The molecule has 0 radical (unpaired) electrons. The second-order valence-corrected chi connectivity index (χ2v) is 5.86. The van der Waals surface area contributed by atoms with E-state index in [1.165, 1.54) is 0 Å². The lowest BCUT2D eigenvalue weighted by atomic mass is 9.92. The topological polar surface area (TPSA) is 26.3 Å². The van der Waals surface area contributed by atoms with Gasteiger partial charge in [-0.15, -0.1) is 0 Å². The highest BCUT2D eigenvalue weighted by Crippen LogP contribution is 2.28. The van der Waals surface area contributed by atoms with Crippen molar-refractivity contribution in [1.29, 1.82) is 0 Å². The molecule has 0 fully saturated rings. The van der Waals surface area contributed by atoms with Gasteiger partial charge in [-0.05, 0) is 52.1 Å². The number of esters is 1. The minimum atomic E-state index is -0.265. The minimum Gasteiger partial charge on any atom is -0.423 e. The summed E-state index contributed by atoms with van der Waals surface area (Å²) in [4.78, 5) is 12.1. The van der Waals surface area contributed by atoms with Crippen molar-refractivity contribution in [2.75, 3.05) is 0 Å². The fourth-order valence-electron chi connectivity index (χ4n) is 1.93. The van der Waals surface area contributed by atoms with Crippen LogP contribution in [0.3, 0.4) is 0 Å². The van der Waals surface area contributed by atoms with Crippen molar-refractivity contribution in [3.63, 3.8) is 0 Å². The molecule has 0 aliphatic carbocycles. The standard InChI is InChI=1S/C15H19IO2/c1-10(2)13(11(3)4)14(16)15(17)18-12-8-6-5-7-9-12/h5-11H,1-4H3. The van der Waals surface area contributed by atoms with Gasteiger partial charge < -0.3 is 4.74 Å². The van der Waals surface area contributed by atoms with E-state index < -0.39 is 0 Å². The van der Waals surface area contributed by atoms with Crippen LogP contribution in [0.2, 0.25) is 0 Å². The van der Waals surface area contributed by atoms with Gasteiger partial charge in [0.2, 0.25) is 0 Å². The SMILES string of the molecule is CC(C)C(=C(I)C(=O)Oc1ccccc1)C(C)C. The Labute approximate surface area is 123 Å². The number of carbonyl (C=O) groups is 1. The zero-order valence-electron chi connectivity index (χ0n) is 11.2. The average Bonchev–Trinajstić information content (AvgIpc) is 2.29. The first kappa shape index (κ1) is 15.2. The number of carbonyl (C=O) groups excluding carboxylic acids is 1. The Hall–Kier alpha value is -0.840. The molecule has 0 saturated carbocycles. The van der Waals surface area contributed by atoms with E-state index in [4.69, 9.17) is 4.74 Å². The molecule has 3 heteroatoms. The summed E-state index contributed by atoms with van der Waals surface area (Å²) < 4.78 is 6.05. The van der Waals surface area contributed by atoms with Crippen LogP contribution in [-0.2, 0) is 4.79 Å². The number of allylic oxidation sites excluding steroid dienone is 1. The van der Waals surface area contributed by atoms with Gasteiger partial charge in [0.25, 0.3) is 0 Å². The molecule has 0 unspecified atom stereocenters. The van der Waals surface area contributed by atoms with Gasteiger partial charge in [0.1, 0.15) is 5.75 Å². The number of hydrogen-bond acceptors (Lipinski definition) is 2. The van der Waals surface area contributed by atoms with E-state index in [0.717, 1.165) is 5.57 Å². The van der Waals surface area contributed by atoms with Gasteiger partial charge >= 0.3 is 5.97 Å². The maximum Gasteiger partial charge on any atom is 0.349 e. The summed E-state index contributed by atoms with van der Waals surface area (Å²) in [6, 6.07) is 9.17. The third kappa shape index (κ3) is 4.12. The quantitative estimate of drug-likeness (QED) is 0.341. The highest BCUT2D eigenvalue weighted by atomic mass is 127. The van der Waals surface area contributed by atoms with Crippen LogP contribution >= 0.6 is 22.6 Å². The first-order valence-electron chi connectivity index (χ1n) is 6.10. The Balaban J connectivity index is 2.92. The fourth-order valence-corrected chi connectivity index (χ4v) is 3.29. The molecule has 0 spiro atoms. The van der Waals surface area contributed by atoms with Crippen molar-refractivity contribution < 1.29 is 9.53 Å². The van der Waals surface area contributed by atoms with E-state index in [1.54, 1.807) is 12.1 Å². The van der Waals surface area contributed by atoms with E-state index in [9.17, 15) is 4.79 Å². The predicted molar refractivity (Wildman–Crippen MR) is 82.8 cm³/mol. The summed E-state index contributed by atoms with van der Waals surface area (Å²) in [6.07, 6.45) is 0. The predicted octanol–water partition coefficient (Wildman–Crippen LogP) is 4.59. The van der Waals surface area contributed by atoms with E-state index in [1.807, 2.05) is 18.2 Å². The van der Waals surface area contributed by atoms with Gasteiger partial charge in [0.05, 0.1) is 3.58 Å². The maximum absolute atomic E-state index is 12.1. The summed E-state index contributed by atoms with van der Waals surface area (Å²) in [5, 5.41) is 0. The van der Waals surface area contributed by atoms with Gasteiger partial charge in [-0.3, -0.25) is 0 Å². The van der Waals surface area contributed by atoms with Crippen LogP contribution in [-0.4, -0.2) is 5.97 Å². The summed E-state index contributed by atoms with van der Waals surface area (Å²) in [7, 11) is 0. The molecule has 0 aliphatic heterocycles. The molecule has 0 amide bonds. The molecule has 0 N–H and O–H groups in total. The van der Waals surface area contributed by atoms with E-state index in [-0.39, 0.29) is 5.97 Å². The first-order valence-corrected chi connectivity index (χ1v) is 7.18. The smallest absolute Gasteiger partial charge is 0.349 e. The lowest BCUT2D eigenvalue weighted by Crippen LogP contribution is -2.14. The monoisotopic (exact) mass is 358 g/mol. The first-order chi connectivity index (χ1) is 8.43. The van der Waals surface area contributed by atoms with Gasteiger partial charge in [-0.1, -0.05) is 45.9 Å². The second kappa shape index (κ2) is 6.92. The highest BCUT2D eigenvalue weighted by molar-refractivity contribution is 14.1. The van der Waals surface area contributed by atoms with E-state index in [0.29, 0.717) is 21.2 Å². The Morgan fingerprint density at radius 1 is 1.06 bits per heavy atom. The number of para-hydroxylation sites is 1. The van der Waals surface area contributed by atoms with Gasteiger partial charge in [0, 0.05) is 0 Å². The zero-order valence-corrected chi connectivity index (χ0v) is 13.4. The van der Waals surface area contributed by atoms with Crippen LogP contribution in [0.1, 0.15) is 27.7 Å². The molecule has 1 aromatic rings. The molecular formula is C15H19IO2. The Kier molecular flexibility index (Phi) is 5.85. The van der Waals surface area contributed by atoms with Crippen molar-refractivity contribution >= 4 is 28.6 Å². The molecule has 0 bridgehead atoms. The van der Waals surface area contributed by atoms with Crippen LogP contribution in [0.5, 0.6) is 5.75 Å². The van der Waals surface area contributed by atoms with Crippen molar-refractivity contribution in [1.82, 2.24) is 0 Å². The maximum atomic E-state index is 12.1. The Morgan fingerprint density at radius 3 is 2.00 bits per heavy atom. The summed E-state index contributed by atoms with van der Waals surface area (Å²) >= 11 is 2.09. The van der Waals surface area contributed by atoms with Crippen molar-refractivity contribution in [3.8, 4) is 5.75 Å². The molecule has 0 aliphatic rings. The summed E-state index contributed by atoms with van der Waals surface area (Å²) in [6.45, 7) is 8.40. The van der Waals surface area contributed by atoms with E-state index >= 15 is 0 Å². The van der Waals surface area contributed by atoms with Crippen LogP contribution in [0, 0.1) is 11.8 Å². The molecule has 1 rings (SSSR count). The number of hydrogen-bond donors (Lipinski definition) is 0. The van der Waals surface area contributed by atoms with Crippen LogP contribution < -0.4 is 4.74 Å². The van der Waals surface area contributed by atoms with Crippen molar-refractivity contribution in [2.24, 2.45) is 11.8 Å². The zero-order chi connectivity index (χ0) is 13.7. The molecule has 0 heterocycles. The minimum absolute atomic E-state index is 0.265. The second-order valence-electron chi connectivity index (χ2n) is 4.78. The van der Waals surface area contributed by atoms with Crippen molar-refractivity contribution in [2.45, 2.75) is 27.7 Å². The number of ether oxygens (including phenoxy) is 1. The van der Waals surface area contributed by atoms with E-state index in [2.05, 4.69) is 50.3 Å². The molecule has 18 heavy (non-hydrogen) atoms. The number of rotatable bonds is 4. The molecule has 0 saturated heterocycles. The Bertz CT molecular complexity index is 423. The third-order valence-corrected chi connectivity index (χ3v) is 3.69. The van der Waals surface area contributed by atoms with Crippen LogP contribution in [0.15, 0.2) is 39.5 Å². The fraction of sp³-hybridized carbons (Fsp3) is 0.400. The Morgan fingerprint density at radius 2 is 1.56 bits per heavy atom. The average molecular weight is 358 g/mol. The largest absolute Gasteiger partial charge is 0.423 e. The number of benzene rings is 1. The third-order valence-electron chi connectivity index (χ3n) is 2.63. The molecule has 98 valence electrons. The molecular weight excluding hydrogens is 339 g/mol. The van der Waals surface area contributed by atoms with Crippen molar-refractivity contribution in [3.05, 3.63) is 39.5 Å². The van der Waals surface area contributed by atoms with Crippen LogP contribution in [0.4, 0.5) is 0 Å². The summed E-state index contributed by atoms with van der Waals surface area (Å²) in [5.74, 6) is 1.02. The highest BCUT2D eigenvalue weighted by Gasteiger charge is 2.19. The van der Waals surface area contributed by atoms with Crippen LogP contribution in [0.25, 0.3) is 0 Å². The number of halogens is 1. The molecule has 0 atom stereocenters. The summed E-state index contributed by atoms with van der Waals surface area (Å²) in [5.41, 5.74) is 1.15. The normalized spacial score (nSPS) is 10.6. The van der Waals surface area contributed by atoms with Gasteiger partial charge in [0.15, 0.2) is 0 Å². The van der Waals surface area contributed by atoms with Gasteiger partial charge in [-0.25, -0.2) is 4.79 Å². The lowest BCUT2D eigenvalue weighted by molar-refractivity contribution is -0.129. The molecule has 0 aromatic heterocycles.